The summed E-state index contributed by atoms with van der Waals surface area (Å²) in [6.07, 6.45) is 0.895. The predicted octanol–water partition coefficient (Wildman–Crippen LogP) is 4.05. The number of hydrogen-bond donors (Lipinski definition) is 0. The molecule has 4 aromatic rings. The fourth-order valence-electron chi connectivity index (χ4n) is 4.21. The fraction of sp³-hybridized carbons (Fsp3) is 0.308. The molecule has 34 heavy (non-hydrogen) atoms. The van der Waals surface area contributed by atoms with E-state index in [0.717, 1.165) is 48.0 Å². The van der Waals surface area contributed by atoms with Gasteiger partial charge in [-0.3, -0.25) is 9.69 Å². The number of rotatable bonds is 8. The Hall–Kier alpha value is -1.58. The van der Waals surface area contributed by atoms with Gasteiger partial charge in [0.1, 0.15) is 6.54 Å². The zero-order valence-electron chi connectivity index (χ0n) is 19.8. The fourth-order valence-corrected chi connectivity index (χ4v) is 6.54. The van der Waals surface area contributed by atoms with Crippen LogP contribution >= 0.6 is 38.6 Å². The summed E-state index contributed by atoms with van der Waals surface area (Å²) >= 11 is 6.53. The number of quaternary nitrogens is 1. The molecule has 0 spiro atoms. The van der Waals surface area contributed by atoms with Gasteiger partial charge in [0.15, 0.2) is 5.13 Å². The quantitative estimate of drug-likeness (QED) is 0.278. The number of amides is 1. The lowest BCUT2D eigenvalue weighted by Gasteiger charge is -2.31. The van der Waals surface area contributed by atoms with Crippen molar-refractivity contribution in [2.45, 2.75) is 26.8 Å². The maximum atomic E-state index is 13.4. The molecule has 0 saturated carbocycles. The Bertz CT molecular complexity index is 1230. The van der Waals surface area contributed by atoms with Gasteiger partial charge in [0.05, 0.1) is 39.5 Å². The van der Waals surface area contributed by atoms with Crippen LogP contribution in [0.1, 0.15) is 32.8 Å². The van der Waals surface area contributed by atoms with E-state index in [9.17, 15) is 4.79 Å². The number of carbonyl (C=O) groups is 1. The second-order valence-electron chi connectivity index (χ2n) is 9.19. The smallest absolute Gasteiger partial charge is 0.270 e. The molecule has 0 fully saturated rings. The predicted molar refractivity (Wildman–Crippen MR) is 145 cm³/mol. The zero-order chi connectivity index (χ0) is 23.6. The van der Waals surface area contributed by atoms with Crippen LogP contribution in [0.3, 0.4) is 0 Å². The van der Waals surface area contributed by atoms with Crippen molar-refractivity contribution in [1.82, 2.24) is 4.98 Å². The highest BCUT2D eigenvalue weighted by Crippen LogP contribution is 2.31. The summed E-state index contributed by atoms with van der Waals surface area (Å²) in [5, 5.41) is 0.769. The summed E-state index contributed by atoms with van der Waals surface area (Å²) in [7, 11) is 4.52. The van der Waals surface area contributed by atoms with E-state index in [2.05, 4.69) is 68.1 Å². The summed E-state index contributed by atoms with van der Waals surface area (Å²) in [5.41, 5.74) is 4.91. The van der Waals surface area contributed by atoms with Crippen molar-refractivity contribution in [2.24, 2.45) is 0 Å². The molecule has 0 atom stereocenters. The van der Waals surface area contributed by atoms with Crippen LogP contribution in [0, 0.1) is 13.8 Å². The molecule has 0 bridgehead atoms. The Morgan fingerprint density at radius 1 is 1.03 bits per heavy atom. The molecule has 0 unspecified atom stereocenters. The maximum Gasteiger partial charge on any atom is 0.270 e. The van der Waals surface area contributed by atoms with Gasteiger partial charge in [-0.2, -0.15) is 0 Å². The second kappa shape index (κ2) is 11.4. The van der Waals surface area contributed by atoms with Crippen LogP contribution in [-0.2, 0) is 6.54 Å². The van der Waals surface area contributed by atoms with Crippen LogP contribution in [0.15, 0.2) is 58.4 Å². The van der Waals surface area contributed by atoms with E-state index in [4.69, 9.17) is 4.98 Å². The van der Waals surface area contributed by atoms with Crippen LogP contribution in [0.5, 0.6) is 0 Å². The number of nitrogens with zero attached hydrogens (tertiary/aromatic N) is 3. The molecule has 1 amide bonds. The molecule has 0 aliphatic rings. The topological polar surface area (TPSA) is 33.2 Å². The zero-order valence-corrected chi connectivity index (χ0v) is 24.7. The number of aromatic nitrogens is 1. The van der Waals surface area contributed by atoms with Gasteiger partial charge in [0.2, 0.25) is 0 Å². The van der Waals surface area contributed by atoms with Gasteiger partial charge in [0, 0.05) is 18.5 Å². The van der Waals surface area contributed by atoms with Crippen molar-refractivity contribution < 1.29 is 26.3 Å². The highest BCUT2D eigenvalue weighted by molar-refractivity contribution is 9.11. The lowest BCUT2D eigenvalue weighted by atomic mass is 10.1. The van der Waals surface area contributed by atoms with Crippen LogP contribution in [0.25, 0.3) is 10.2 Å². The van der Waals surface area contributed by atoms with E-state index in [1.54, 1.807) is 11.3 Å². The second-order valence-corrected chi connectivity index (χ2v) is 12.7. The first-order valence-electron chi connectivity index (χ1n) is 11.0. The van der Waals surface area contributed by atoms with Gasteiger partial charge >= 0.3 is 0 Å². The van der Waals surface area contributed by atoms with Crippen LogP contribution in [0.4, 0.5) is 5.13 Å². The molecule has 8 heteroatoms. The number of anilines is 1. The number of thiophene rings is 1. The first-order chi connectivity index (χ1) is 15.7. The third kappa shape index (κ3) is 6.76. The Labute approximate surface area is 228 Å². The molecule has 180 valence electrons. The number of halogens is 2. The Morgan fingerprint density at radius 3 is 2.38 bits per heavy atom. The molecule has 4 rings (SSSR count). The van der Waals surface area contributed by atoms with Crippen LogP contribution < -0.4 is 21.9 Å². The van der Waals surface area contributed by atoms with E-state index in [1.807, 2.05) is 35.2 Å². The van der Waals surface area contributed by atoms with Gasteiger partial charge in [-0.15, -0.1) is 11.3 Å². The molecule has 0 aliphatic heterocycles. The van der Waals surface area contributed by atoms with Gasteiger partial charge in [-0.05, 0) is 54.0 Å². The summed E-state index contributed by atoms with van der Waals surface area (Å²) in [4.78, 5) is 20.8. The molecular weight excluding hydrogens is 594 g/mol. The van der Waals surface area contributed by atoms with E-state index in [1.165, 1.54) is 28.0 Å². The minimum absolute atomic E-state index is 0. The standard InChI is InChI=1S/C26H29BrN3OS2.BrH/c1-18-14-19(2)16-20(15-18)17-30(3,4)13-7-12-29(25(31)23-10-11-24(27)32-23)26-28-21-8-5-6-9-22(21)33-26;/h5-6,8-11,14-16H,7,12-13,17H2,1-4H3;1H/q+1;/p-1. The average molecular weight is 623 g/mol. The summed E-state index contributed by atoms with van der Waals surface area (Å²) in [6.45, 7) is 6.88. The van der Waals surface area contributed by atoms with Crippen molar-refractivity contribution in [1.29, 1.82) is 0 Å². The van der Waals surface area contributed by atoms with Crippen molar-refractivity contribution in [3.8, 4) is 0 Å². The highest BCUT2D eigenvalue weighted by atomic mass is 79.9. The third-order valence-electron chi connectivity index (χ3n) is 5.58. The molecular formula is C26H29Br2N3OS2. The van der Waals surface area contributed by atoms with Crippen molar-refractivity contribution in [3.63, 3.8) is 0 Å². The lowest BCUT2D eigenvalue weighted by Crippen LogP contribution is -3.00. The van der Waals surface area contributed by atoms with Gasteiger partial charge in [-0.25, -0.2) is 4.98 Å². The minimum Gasteiger partial charge on any atom is -1.00 e. The summed E-state index contributed by atoms with van der Waals surface area (Å²) in [5.74, 6) is 0.0179. The number of benzene rings is 2. The van der Waals surface area contributed by atoms with E-state index < -0.39 is 0 Å². The van der Waals surface area contributed by atoms with Crippen molar-refractivity contribution >= 4 is 59.9 Å². The first kappa shape index (κ1) is 27.0. The third-order valence-corrected chi connectivity index (χ3v) is 8.25. The number of aryl methyl sites for hydroxylation is 2. The molecule has 2 aromatic carbocycles. The Morgan fingerprint density at radius 2 is 1.74 bits per heavy atom. The van der Waals surface area contributed by atoms with E-state index in [0.29, 0.717) is 6.54 Å². The largest absolute Gasteiger partial charge is 1.00 e. The van der Waals surface area contributed by atoms with Gasteiger partial charge < -0.3 is 21.5 Å². The normalized spacial score (nSPS) is 11.4. The van der Waals surface area contributed by atoms with E-state index in [-0.39, 0.29) is 22.9 Å². The number of carbonyl (C=O) groups excluding carboxylic acids is 1. The van der Waals surface area contributed by atoms with Crippen molar-refractivity contribution in [2.75, 3.05) is 32.1 Å². The van der Waals surface area contributed by atoms with Crippen molar-refractivity contribution in [3.05, 3.63) is 80.0 Å². The first-order valence-corrected chi connectivity index (χ1v) is 13.4. The molecule has 0 saturated heterocycles. The van der Waals surface area contributed by atoms with Gasteiger partial charge in [-0.1, -0.05) is 52.8 Å². The molecule has 2 heterocycles. The van der Waals surface area contributed by atoms with Gasteiger partial charge in [0.25, 0.3) is 5.91 Å². The minimum atomic E-state index is 0. The highest BCUT2D eigenvalue weighted by Gasteiger charge is 2.24. The van der Waals surface area contributed by atoms with Crippen LogP contribution in [-0.4, -0.2) is 42.6 Å². The van der Waals surface area contributed by atoms with Crippen LogP contribution in [0.2, 0.25) is 0 Å². The Balaban J connectivity index is 0.00000324. The Kier molecular flexibility index (Phi) is 9.09. The summed E-state index contributed by atoms with van der Waals surface area (Å²) < 4.78 is 2.93. The maximum absolute atomic E-state index is 13.4. The molecule has 0 radical (unpaired) electrons. The molecule has 2 aromatic heterocycles. The number of para-hydroxylation sites is 1. The SMILES string of the molecule is Cc1cc(C)cc(C[N+](C)(C)CCCN(C(=O)c2ccc(Br)s2)c2nc3ccccc3s2)c1.[Br-]. The average Bonchev–Trinajstić information content (AvgIpc) is 3.35. The lowest BCUT2D eigenvalue weighted by molar-refractivity contribution is -0.903. The summed E-state index contributed by atoms with van der Waals surface area (Å²) in [6, 6.07) is 18.6. The molecule has 0 aliphatic carbocycles. The number of hydrogen-bond acceptors (Lipinski definition) is 4. The monoisotopic (exact) mass is 621 g/mol. The number of fused-ring (bicyclic) bond motifs is 1. The molecule has 0 N–H and O–H groups in total. The number of thiazole rings is 1. The van der Waals surface area contributed by atoms with E-state index >= 15 is 0 Å². The molecule has 4 nitrogen and oxygen atoms in total.